The third-order valence-electron chi connectivity index (χ3n) is 1.80. The Morgan fingerprint density at radius 2 is 2.16 bits per heavy atom. The van der Waals surface area contributed by atoms with E-state index in [2.05, 4.69) is 25.5 Å². The second-order valence-corrected chi connectivity index (χ2v) is 5.62. The van der Waals surface area contributed by atoms with Gasteiger partial charge in [0.2, 0.25) is 5.13 Å². The summed E-state index contributed by atoms with van der Waals surface area (Å²) in [7, 11) is 0. The van der Waals surface area contributed by atoms with Crippen molar-refractivity contribution >= 4 is 28.2 Å². The van der Waals surface area contributed by atoms with Crippen molar-refractivity contribution in [2.75, 3.05) is 11.9 Å². The van der Waals surface area contributed by atoms with Gasteiger partial charge in [0.15, 0.2) is 9.50 Å². The van der Waals surface area contributed by atoms with Crippen LogP contribution in [0.4, 0.5) is 18.3 Å². The van der Waals surface area contributed by atoms with E-state index < -0.39 is 12.7 Å². The van der Waals surface area contributed by atoms with Gasteiger partial charge >= 0.3 is 6.18 Å². The topological polar surface area (TPSA) is 63.6 Å². The van der Waals surface area contributed by atoms with Gasteiger partial charge < -0.3 is 5.32 Å². The quantitative estimate of drug-likeness (QED) is 0.876. The number of halogens is 3. The van der Waals surface area contributed by atoms with E-state index in [4.69, 9.17) is 0 Å². The lowest BCUT2D eigenvalue weighted by atomic mass is 10.5. The highest BCUT2D eigenvalue weighted by molar-refractivity contribution is 8.00. The van der Waals surface area contributed by atoms with Crippen LogP contribution in [0.2, 0.25) is 0 Å². The van der Waals surface area contributed by atoms with E-state index in [9.17, 15) is 13.2 Å². The molecule has 2 aromatic heterocycles. The van der Waals surface area contributed by atoms with Crippen LogP contribution in [0.5, 0.6) is 0 Å². The number of aromatic nitrogens is 4. The molecular formula is C9H8F3N5S2. The molecule has 0 atom stereocenters. The lowest BCUT2D eigenvalue weighted by Gasteiger charge is -2.05. The summed E-state index contributed by atoms with van der Waals surface area (Å²) in [4.78, 5) is 8.17. The highest BCUT2D eigenvalue weighted by atomic mass is 32.2. The standard InChI is InChI=1S/C9H8F3N5S2/c1-5-2-3-13-6(15-5)18-8-17-16-7(19-8)14-4-9(10,11)12/h2-3H,4H2,1H3,(H,14,16). The molecule has 0 saturated heterocycles. The number of anilines is 1. The van der Waals surface area contributed by atoms with Gasteiger partial charge in [0.1, 0.15) is 6.54 Å². The number of aryl methyl sites for hydroxylation is 1. The molecular weight excluding hydrogens is 299 g/mol. The molecule has 0 bridgehead atoms. The first-order chi connectivity index (χ1) is 8.92. The predicted molar refractivity (Wildman–Crippen MR) is 65.3 cm³/mol. The molecule has 19 heavy (non-hydrogen) atoms. The first kappa shape index (κ1) is 14.0. The smallest absolute Gasteiger partial charge is 0.351 e. The van der Waals surface area contributed by atoms with Crippen LogP contribution >= 0.6 is 23.1 Å². The fourth-order valence-corrected chi connectivity index (χ4v) is 2.69. The maximum atomic E-state index is 12.0. The molecule has 0 saturated carbocycles. The average molecular weight is 307 g/mol. The zero-order valence-electron chi connectivity index (χ0n) is 9.60. The molecule has 0 aliphatic rings. The summed E-state index contributed by atoms with van der Waals surface area (Å²) >= 11 is 2.18. The van der Waals surface area contributed by atoms with Gasteiger partial charge in [-0.15, -0.1) is 10.2 Å². The van der Waals surface area contributed by atoms with Crippen LogP contribution in [-0.2, 0) is 0 Å². The Morgan fingerprint density at radius 3 is 2.84 bits per heavy atom. The molecule has 10 heteroatoms. The minimum atomic E-state index is -4.28. The second kappa shape index (κ2) is 5.70. The van der Waals surface area contributed by atoms with Crippen molar-refractivity contribution in [3.63, 3.8) is 0 Å². The maximum absolute atomic E-state index is 12.0. The SMILES string of the molecule is Cc1ccnc(Sc2nnc(NCC(F)(F)F)s2)n1. The summed E-state index contributed by atoms with van der Waals surface area (Å²) in [6, 6.07) is 1.75. The summed E-state index contributed by atoms with van der Waals surface area (Å²) in [5.74, 6) is 0. The molecule has 0 aliphatic carbocycles. The third kappa shape index (κ3) is 4.63. The van der Waals surface area contributed by atoms with Crippen LogP contribution in [0.3, 0.4) is 0 Å². The van der Waals surface area contributed by atoms with Crippen LogP contribution < -0.4 is 5.32 Å². The molecule has 0 radical (unpaired) electrons. The molecule has 0 aromatic carbocycles. The molecule has 2 aromatic rings. The van der Waals surface area contributed by atoms with Crippen LogP contribution in [0, 0.1) is 6.92 Å². The van der Waals surface area contributed by atoms with Gasteiger partial charge in [0.05, 0.1) is 0 Å². The van der Waals surface area contributed by atoms with Crippen LogP contribution in [0.25, 0.3) is 0 Å². The summed E-state index contributed by atoms with van der Waals surface area (Å²) in [6.07, 6.45) is -2.67. The van der Waals surface area contributed by atoms with Gasteiger partial charge in [-0.2, -0.15) is 13.2 Å². The Kier molecular flexibility index (Phi) is 4.20. The fourth-order valence-electron chi connectivity index (χ4n) is 1.05. The number of hydrogen-bond acceptors (Lipinski definition) is 7. The van der Waals surface area contributed by atoms with E-state index in [-0.39, 0.29) is 5.13 Å². The Hall–Kier alpha value is -1.42. The minimum Gasteiger partial charge on any atom is -0.351 e. The number of hydrogen-bond donors (Lipinski definition) is 1. The van der Waals surface area contributed by atoms with Crippen molar-refractivity contribution in [2.45, 2.75) is 22.6 Å². The van der Waals surface area contributed by atoms with Crippen LogP contribution in [-0.4, -0.2) is 32.9 Å². The van der Waals surface area contributed by atoms with Crippen molar-refractivity contribution < 1.29 is 13.2 Å². The molecule has 0 amide bonds. The van der Waals surface area contributed by atoms with Crippen molar-refractivity contribution in [1.82, 2.24) is 20.2 Å². The molecule has 2 rings (SSSR count). The molecule has 5 nitrogen and oxygen atoms in total. The molecule has 0 unspecified atom stereocenters. The highest BCUT2D eigenvalue weighted by Crippen LogP contribution is 2.30. The number of rotatable bonds is 4. The summed E-state index contributed by atoms with van der Waals surface area (Å²) in [6.45, 7) is 0.690. The lowest BCUT2D eigenvalue weighted by molar-refractivity contribution is -0.115. The molecule has 0 aliphatic heterocycles. The Morgan fingerprint density at radius 1 is 1.37 bits per heavy atom. The number of nitrogens with one attached hydrogen (secondary N) is 1. The van der Waals surface area contributed by atoms with Gasteiger partial charge in [0.25, 0.3) is 0 Å². The summed E-state index contributed by atoms with van der Waals surface area (Å²) in [5, 5.41) is 10.2. The van der Waals surface area contributed by atoms with E-state index in [0.29, 0.717) is 9.50 Å². The van der Waals surface area contributed by atoms with E-state index in [1.165, 1.54) is 0 Å². The first-order valence-electron chi connectivity index (χ1n) is 5.04. The van der Waals surface area contributed by atoms with Crippen molar-refractivity contribution in [3.05, 3.63) is 18.0 Å². The second-order valence-electron chi connectivity index (χ2n) is 3.42. The van der Waals surface area contributed by atoms with Crippen molar-refractivity contribution in [2.24, 2.45) is 0 Å². The first-order valence-corrected chi connectivity index (χ1v) is 6.67. The lowest BCUT2D eigenvalue weighted by Crippen LogP contribution is -2.21. The van der Waals surface area contributed by atoms with Gasteiger partial charge in [-0.05, 0) is 24.8 Å². The zero-order valence-corrected chi connectivity index (χ0v) is 11.2. The van der Waals surface area contributed by atoms with Gasteiger partial charge in [0, 0.05) is 11.9 Å². The Bertz CT molecular complexity index is 557. The Balaban J connectivity index is 1.97. The third-order valence-corrected chi connectivity index (χ3v) is 3.61. The van der Waals surface area contributed by atoms with Crippen molar-refractivity contribution in [3.8, 4) is 0 Å². The molecule has 0 spiro atoms. The minimum absolute atomic E-state index is 0.118. The van der Waals surface area contributed by atoms with Gasteiger partial charge in [-0.3, -0.25) is 0 Å². The zero-order chi connectivity index (χ0) is 13.9. The molecule has 2 heterocycles. The highest BCUT2D eigenvalue weighted by Gasteiger charge is 2.27. The largest absolute Gasteiger partial charge is 0.405 e. The maximum Gasteiger partial charge on any atom is 0.405 e. The number of nitrogens with zero attached hydrogens (tertiary/aromatic N) is 4. The monoisotopic (exact) mass is 307 g/mol. The number of alkyl halides is 3. The van der Waals surface area contributed by atoms with Gasteiger partial charge in [-0.1, -0.05) is 11.3 Å². The Labute approximate surface area is 114 Å². The fraction of sp³-hybridized carbons (Fsp3) is 0.333. The van der Waals surface area contributed by atoms with E-state index in [0.717, 1.165) is 28.8 Å². The van der Waals surface area contributed by atoms with Crippen LogP contribution in [0.15, 0.2) is 21.8 Å². The normalized spacial score (nSPS) is 11.6. The molecule has 0 fully saturated rings. The molecule has 102 valence electrons. The van der Waals surface area contributed by atoms with Crippen LogP contribution in [0.1, 0.15) is 5.69 Å². The molecule has 1 N–H and O–H groups in total. The van der Waals surface area contributed by atoms with E-state index >= 15 is 0 Å². The van der Waals surface area contributed by atoms with Gasteiger partial charge in [-0.25, -0.2) is 9.97 Å². The van der Waals surface area contributed by atoms with Crippen molar-refractivity contribution in [1.29, 1.82) is 0 Å². The van der Waals surface area contributed by atoms with E-state index in [1.807, 2.05) is 6.92 Å². The van der Waals surface area contributed by atoms with E-state index in [1.54, 1.807) is 12.3 Å². The summed E-state index contributed by atoms with van der Waals surface area (Å²) in [5.41, 5.74) is 0.803. The summed E-state index contributed by atoms with van der Waals surface area (Å²) < 4.78 is 36.5. The predicted octanol–water partition coefficient (Wildman–Crippen LogP) is 2.76. The average Bonchev–Trinajstić information content (AvgIpc) is 2.73.